The number of nitrogens with one attached hydrogen (secondary N) is 1. The summed E-state index contributed by atoms with van der Waals surface area (Å²) in [5, 5.41) is 18.2. The van der Waals surface area contributed by atoms with E-state index in [-0.39, 0.29) is 10.7 Å². The molecule has 2 aromatic rings. The van der Waals surface area contributed by atoms with E-state index in [1.54, 1.807) is 0 Å². The maximum Gasteiger partial charge on any atom is 0.292 e. The molecular formula is C17H19ClN4O3. The summed E-state index contributed by atoms with van der Waals surface area (Å²) in [4.78, 5) is 22.7. The molecule has 3 rings (SSSR count). The summed E-state index contributed by atoms with van der Waals surface area (Å²) in [7, 11) is 0. The molecule has 1 fully saturated rings. The zero-order valence-electron chi connectivity index (χ0n) is 13.9. The highest BCUT2D eigenvalue weighted by atomic mass is 35.5. The first kappa shape index (κ1) is 17.4. The van der Waals surface area contributed by atoms with E-state index in [4.69, 9.17) is 11.6 Å². The van der Waals surface area contributed by atoms with Crippen LogP contribution in [-0.4, -0.2) is 21.2 Å². The van der Waals surface area contributed by atoms with E-state index in [1.165, 1.54) is 43.3 Å². The second-order valence-electron chi connectivity index (χ2n) is 6.47. The summed E-state index contributed by atoms with van der Waals surface area (Å²) in [6.45, 7) is 2.95. The van der Waals surface area contributed by atoms with Crippen molar-refractivity contribution >= 4 is 23.0 Å². The first-order valence-corrected chi connectivity index (χ1v) is 8.60. The molecule has 0 bridgehead atoms. The summed E-state index contributed by atoms with van der Waals surface area (Å²) in [5.74, 6) is 0. The minimum absolute atomic E-state index is 0.0492. The van der Waals surface area contributed by atoms with Crippen molar-refractivity contribution in [1.82, 2.24) is 9.78 Å². The molecule has 0 atom stereocenters. The summed E-state index contributed by atoms with van der Waals surface area (Å²) < 4.78 is 1.14. The summed E-state index contributed by atoms with van der Waals surface area (Å²) in [5.41, 5.74) is 0.763. The Balaban J connectivity index is 1.80. The molecule has 0 amide bonds. The maximum atomic E-state index is 12.5. The Hall–Kier alpha value is -2.41. The van der Waals surface area contributed by atoms with E-state index in [0.717, 1.165) is 24.1 Å². The fourth-order valence-corrected chi connectivity index (χ4v) is 3.16. The van der Waals surface area contributed by atoms with Crippen molar-refractivity contribution < 1.29 is 4.92 Å². The minimum atomic E-state index is -0.496. The SMILES string of the molecule is CCCC1(CNc2cnn(-c3ccc([N+](=O)[O-])cc3)c(=O)c2Cl)CC1. The average Bonchev–Trinajstić information content (AvgIpc) is 3.36. The van der Waals surface area contributed by atoms with Crippen molar-refractivity contribution in [3.8, 4) is 5.69 Å². The van der Waals surface area contributed by atoms with Crippen LogP contribution in [0.3, 0.4) is 0 Å². The smallest absolute Gasteiger partial charge is 0.292 e. The largest absolute Gasteiger partial charge is 0.382 e. The lowest BCUT2D eigenvalue weighted by molar-refractivity contribution is -0.384. The molecule has 0 radical (unpaired) electrons. The molecule has 1 saturated carbocycles. The Morgan fingerprint density at radius 2 is 2.04 bits per heavy atom. The number of halogens is 1. The molecule has 1 aromatic heterocycles. The Morgan fingerprint density at radius 1 is 1.36 bits per heavy atom. The lowest BCUT2D eigenvalue weighted by atomic mass is 10.0. The second kappa shape index (κ2) is 6.84. The third-order valence-electron chi connectivity index (χ3n) is 4.62. The van der Waals surface area contributed by atoms with Gasteiger partial charge in [0.1, 0.15) is 5.02 Å². The summed E-state index contributed by atoms with van der Waals surface area (Å²) >= 11 is 6.21. The van der Waals surface area contributed by atoms with Gasteiger partial charge in [-0.1, -0.05) is 24.9 Å². The van der Waals surface area contributed by atoms with Gasteiger partial charge in [-0.15, -0.1) is 0 Å². The summed E-state index contributed by atoms with van der Waals surface area (Å²) in [6, 6.07) is 5.59. The van der Waals surface area contributed by atoms with Gasteiger partial charge in [-0.05, 0) is 36.8 Å². The van der Waals surface area contributed by atoms with Gasteiger partial charge in [-0.25, -0.2) is 0 Å². The molecule has 1 aliphatic rings. The highest BCUT2D eigenvalue weighted by Crippen LogP contribution is 2.49. The van der Waals surface area contributed by atoms with Crippen LogP contribution >= 0.6 is 11.6 Å². The fraction of sp³-hybridized carbons (Fsp3) is 0.412. The summed E-state index contributed by atoms with van der Waals surface area (Å²) in [6.07, 6.45) is 6.20. The van der Waals surface area contributed by atoms with E-state index >= 15 is 0 Å². The Morgan fingerprint density at radius 3 is 2.60 bits per heavy atom. The number of non-ortho nitro benzene ring substituents is 1. The molecule has 7 nitrogen and oxygen atoms in total. The number of benzene rings is 1. The van der Waals surface area contributed by atoms with Crippen LogP contribution < -0.4 is 10.9 Å². The Kier molecular flexibility index (Phi) is 4.76. The number of anilines is 1. The third kappa shape index (κ3) is 3.66. The molecule has 1 N–H and O–H groups in total. The monoisotopic (exact) mass is 362 g/mol. The average molecular weight is 363 g/mol. The van der Waals surface area contributed by atoms with Gasteiger partial charge in [0.05, 0.1) is 22.5 Å². The zero-order valence-corrected chi connectivity index (χ0v) is 14.6. The van der Waals surface area contributed by atoms with Crippen molar-refractivity contribution in [2.24, 2.45) is 5.41 Å². The van der Waals surface area contributed by atoms with Crippen LogP contribution in [-0.2, 0) is 0 Å². The number of aromatic nitrogens is 2. The first-order chi connectivity index (χ1) is 12.0. The van der Waals surface area contributed by atoms with Crippen molar-refractivity contribution in [3.05, 3.63) is 56.0 Å². The first-order valence-electron chi connectivity index (χ1n) is 8.22. The standard InChI is InChI=1S/C17H19ClN4O3/c1-2-7-17(8-9-17)11-19-14-10-20-21(16(23)15(14)18)12-3-5-13(6-4-12)22(24)25/h3-6,10,19H,2,7-9,11H2,1H3. The molecule has 1 heterocycles. The highest BCUT2D eigenvalue weighted by Gasteiger charge is 2.41. The van der Waals surface area contributed by atoms with Gasteiger partial charge in [-0.3, -0.25) is 14.9 Å². The molecule has 0 aliphatic heterocycles. The predicted molar refractivity (Wildman–Crippen MR) is 96.6 cm³/mol. The Bertz CT molecular complexity index is 844. The fourth-order valence-electron chi connectivity index (χ4n) is 2.96. The molecule has 0 saturated heterocycles. The molecule has 8 heteroatoms. The molecule has 0 spiro atoms. The molecule has 1 aromatic carbocycles. The quantitative estimate of drug-likeness (QED) is 0.597. The lowest BCUT2D eigenvalue weighted by Gasteiger charge is -2.16. The van der Waals surface area contributed by atoms with E-state index in [9.17, 15) is 14.9 Å². The van der Waals surface area contributed by atoms with Crippen molar-refractivity contribution in [3.63, 3.8) is 0 Å². The molecular weight excluding hydrogens is 344 g/mol. The van der Waals surface area contributed by atoms with Crippen molar-refractivity contribution in [2.45, 2.75) is 32.6 Å². The Labute approximate surface area is 149 Å². The number of hydrogen-bond donors (Lipinski definition) is 1. The number of nitrogens with zero attached hydrogens (tertiary/aromatic N) is 3. The number of nitro benzene ring substituents is 1. The lowest BCUT2D eigenvalue weighted by Crippen LogP contribution is -2.24. The van der Waals surface area contributed by atoms with Crippen LogP contribution in [0.25, 0.3) is 5.69 Å². The highest BCUT2D eigenvalue weighted by molar-refractivity contribution is 6.32. The van der Waals surface area contributed by atoms with E-state index in [2.05, 4.69) is 17.3 Å². The van der Waals surface area contributed by atoms with Gasteiger partial charge in [0.15, 0.2) is 0 Å². The molecule has 0 unspecified atom stereocenters. The second-order valence-corrected chi connectivity index (χ2v) is 6.84. The zero-order chi connectivity index (χ0) is 18.0. The van der Waals surface area contributed by atoms with E-state index < -0.39 is 10.5 Å². The molecule has 132 valence electrons. The van der Waals surface area contributed by atoms with Gasteiger partial charge >= 0.3 is 0 Å². The van der Waals surface area contributed by atoms with E-state index in [0.29, 0.717) is 16.8 Å². The van der Waals surface area contributed by atoms with Crippen molar-refractivity contribution in [2.75, 3.05) is 11.9 Å². The molecule has 1 aliphatic carbocycles. The van der Waals surface area contributed by atoms with Crippen LogP contribution in [0.2, 0.25) is 5.02 Å². The van der Waals surface area contributed by atoms with Gasteiger partial charge in [0.25, 0.3) is 11.2 Å². The predicted octanol–water partition coefficient (Wildman–Crippen LogP) is 3.79. The van der Waals surface area contributed by atoms with E-state index in [1.807, 2.05) is 0 Å². The van der Waals surface area contributed by atoms with Crippen LogP contribution in [0, 0.1) is 15.5 Å². The molecule has 25 heavy (non-hydrogen) atoms. The van der Waals surface area contributed by atoms with Crippen LogP contribution in [0.5, 0.6) is 0 Å². The van der Waals surface area contributed by atoms with Crippen LogP contribution in [0.4, 0.5) is 11.4 Å². The van der Waals surface area contributed by atoms with Crippen LogP contribution in [0.15, 0.2) is 35.3 Å². The third-order valence-corrected chi connectivity index (χ3v) is 4.98. The minimum Gasteiger partial charge on any atom is -0.382 e. The van der Waals surface area contributed by atoms with Crippen LogP contribution in [0.1, 0.15) is 32.6 Å². The topological polar surface area (TPSA) is 90.1 Å². The number of nitro groups is 1. The normalized spacial score (nSPS) is 15.0. The van der Waals surface area contributed by atoms with Gasteiger partial charge in [0, 0.05) is 18.7 Å². The number of rotatable bonds is 7. The van der Waals surface area contributed by atoms with Gasteiger partial charge in [0.2, 0.25) is 0 Å². The number of hydrogen-bond acceptors (Lipinski definition) is 5. The van der Waals surface area contributed by atoms with Crippen molar-refractivity contribution in [1.29, 1.82) is 0 Å². The maximum absolute atomic E-state index is 12.5. The van der Waals surface area contributed by atoms with Gasteiger partial charge < -0.3 is 5.32 Å². The van der Waals surface area contributed by atoms with Gasteiger partial charge in [-0.2, -0.15) is 9.78 Å².